The van der Waals surface area contributed by atoms with Crippen molar-refractivity contribution in [3.8, 4) is 10.6 Å². The molecule has 1 saturated heterocycles. The monoisotopic (exact) mass is 450 g/mol. The van der Waals surface area contributed by atoms with Crippen LogP contribution in [0.3, 0.4) is 0 Å². The average Bonchev–Trinajstić information content (AvgIpc) is 3.33. The number of nitrogens with zero attached hydrogens (tertiary/aromatic N) is 3. The van der Waals surface area contributed by atoms with E-state index in [1.165, 1.54) is 5.56 Å². The van der Waals surface area contributed by atoms with E-state index in [4.69, 9.17) is 4.74 Å². The molecular weight excluding hydrogens is 425 g/mol. The van der Waals surface area contributed by atoms with E-state index in [0.717, 1.165) is 80.5 Å². The van der Waals surface area contributed by atoms with E-state index >= 15 is 0 Å². The molecule has 1 aliphatic carbocycles. The number of fused-ring (bicyclic) bond motifs is 1. The maximum atomic E-state index is 13.0. The molecule has 166 valence electrons. The van der Waals surface area contributed by atoms with Crippen LogP contribution in [0.4, 0.5) is 13.2 Å². The Morgan fingerprint density at radius 2 is 1.97 bits per heavy atom. The highest BCUT2D eigenvalue weighted by molar-refractivity contribution is 7.13. The highest BCUT2D eigenvalue weighted by Gasteiger charge is 2.34. The molecule has 31 heavy (non-hydrogen) atoms. The molecule has 5 rings (SSSR count). The van der Waals surface area contributed by atoms with Crippen LogP contribution < -0.4 is 0 Å². The summed E-state index contributed by atoms with van der Waals surface area (Å²) in [6, 6.07) is 2.71. The quantitative estimate of drug-likeness (QED) is 0.576. The SMILES string of the molecule is FC(F)(F)c1csc(-c2c[nH]c3ncc([C@H]4CC[C@H](N5CCCOCC5)CC4)cc23)n1. The van der Waals surface area contributed by atoms with Gasteiger partial charge in [-0.2, -0.15) is 13.2 Å². The lowest BCUT2D eigenvalue weighted by atomic mass is 9.81. The van der Waals surface area contributed by atoms with Crippen LogP contribution in [0, 0.1) is 0 Å². The minimum atomic E-state index is -4.43. The number of nitrogens with one attached hydrogen (secondary N) is 1. The molecule has 9 heteroatoms. The van der Waals surface area contributed by atoms with E-state index in [1.54, 1.807) is 6.20 Å². The van der Waals surface area contributed by atoms with Gasteiger partial charge in [0.1, 0.15) is 10.7 Å². The van der Waals surface area contributed by atoms with E-state index in [-0.39, 0.29) is 0 Å². The number of pyridine rings is 1. The van der Waals surface area contributed by atoms with Gasteiger partial charge in [-0.1, -0.05) is 0 Å². The molecule has 2 fully saturated rings. The lowest BCUT2D eigenvalue weighted by molar-refractivity contribution is -0.140. The molecule has 0 bridgehead atoms. The zero-order valence-corrected chi connectivity index (χ0v) is 17.9. The number of aromatic amines is 1. The summed E-state index contributed by atoms with van der Waals surface area (Å²) in [4.78, 5) is 14.0. The Bertz CT molecular complexity index is 1030. The van der Waals surface area contributed by atoms with Gasteiger partial charge in [0.15, 0.2) is 5.69 Å². The summed E-state index contributed by atoms with van der Waals surface area (Å²) < 4.78 is 44.5. The summed E-state index contributed by atoms with van der Waals surface area (Å²) >= 11 is 1.01. The van der Waals surface area contributed by atoms with Crippen molar-refractivity contribution < 1.29 is 17.9 Å². The van der Waals surface area contributed by atoms with Crippen molar-refractivity contribution in [1.29, 1.82) is 0 Å². The zero-order valence-electron chi connectivity index (χ0n) is 17.1. The zero-order chi connectivity index (χ0) is 21.4. The Morgan fingerprint density at radius 3 is 2.74 bits per heavy atom. The second kappa shape index (κ2) is 8.52. The maximum absolute atomic E-state index is 13.0. The van der Waals surface area contributed by atoms with Gasteiger partial charge >= 0.3 is 6.18 Å². The minimum absolute atomic E-state index is 0.365. The molecular formula is C22H25F3N4OS. The van der Waals surface area contributed by atoms with Crippen LogP contribution in [0.2, 0.25) is 0 Å². The number of rotatable bonds is 3. The second-order valence-corrected chi connectivity index (χ2v) is 9.27. The third-order valence-corrected chi connectivity index (χ3v) is 7.39. The molecule has 3 aromatic heterocycles. The van der Waals surface area contributed by atoms with Crippen molar-refractivity contribution in [2.24, 2.45) is 0 Å². The molecule has 0 atom stereocenters. The number of hydrogen-bond donors (Lipinski definition) is 1. The molecule has 0 radical (unpaired) electrons. The summed E-state index contributed by atoms with van der Waals surface area (Å²) in [5.41, 5.74) is 1.69. The molecule has 0 amide bonds. The van der Waals surface area contributed by atoms with Crippen LogP contribution in [0.5, 0.6) is 0 Å². The van der Waals surface area contributed by atoms with E-state index in [9.17, 15) is 13.2 Å². The van der Waals surface area contributed by atoms with Crippen molar-refractivity contribution >= 4 is 22.4 Å². The third-order valence-electron chi connectivity index (χ3n) is 6.52. The fraction of sp³-hybridized carbons (Fsp3) is 0.545. The molecule has 0 spiro atoms. The van der Waals surface area contributed by atoms with Gasteiger partial charge in [-0.25, -0.2) is 9.97 Å². The number of aromatic nitrogens is 3. The van der Waals surface area contributed by atoms with Gasteiger partial charge in [-0.15, -0.1) is 11.3 Å². The van der Waals surface area contributed by atoms with Crippen LogP contribution >= 0.6 is 11.3 Å². The van der Waals surface area contributed by atoms with E-state index in [1.807, 2.05) is 6.20 Å². The average molecular weight is 451 g/mol. The van der Waals surface area contributed by atoms with Crippen LogP contribution in [-0.4, -0.2) is 52.2 Å². The number of thiazole rings is 1. The van der Waals surface area contributed by atoms with Gasteiger partial charge in [-0.3, -0.25) is 4.90 Å². The Kier molecular flexibility index (Phi) is 5.75. The minimum Gasteiger partial charge on any atom is -0.380 e. The first-order valence-electron chi connectivity index (χ1n) is 10.8. The summed E-state index contributed by atoms with van der Waals surface area (Å²) in [6.45, 7) is 3.82. The summed E-state index contributed by atoms with van der Waals surface area (Å²) in [7, 11) is 0. The first-order valence-corrected chi connectivity index (χ1v) is 11.7. The normalized spacial score (nSPS) is 23.8. The van der Waals surface area contributed by atoms with E-state index in [2.05, 4.69) is 25.9 Å². The van der Waals surface area contributed by atoms with Crippen LogP contribution in [-0.2, 0) is 10.9 Å². The predicted molar refractivity (Wildman–Crippen MR) is 114 cm³/mol. The second-order valence-electron chi connectivity index (χ2n) is 8.41. The number of halogens is 3. The molecule has 1 saturated carbocycles. The first-order chi connectivity index (χ1) is 15.0. The van der Waals surface area contributed by atoms with E-state index in [0.29, 0.717) is 28.2 Å². The van der Waals surface area contributed by atoms with Crippen molar-refractivity contribution in [2.45, 2.75) is 50.2 Å². The topological polar surface area (TPSA) is 54.0 Å². The fourth-order valence-corrected chi connectivity index (χ4v) is 5.71. The molecule has 0 aromatic carbocycles. The molecule has 5 nitrogen and oxygen atoms in total. The largest absolute Gasteiger partial charge is 0.434 e. The molecule has 1 aliphatic heterocycles. The Labute approximate surface area is 182 Å². The van der Waals surface area contributed by atoms with Gasteiger partial charge < -0.3 is 9.72 Å². The van der Waals surface area contributed by atoms with Crippen LogP contribution in [0.15, 0.2) is 23.8 Å². The lowest BCUT2D eigenvalue weighted by Crippen LogP contribution is -2.39. The maximum Gasteiger partial charge on any atom is 0.434 e. The molecule has 1 N–H and O–H groups in total. The van der Waals surface area contributed by atoms with Crippen LogP contribution in [0.25, 0.3) is 21.6 Å². The number of hydrogen-bond acceptors (Lipinski definition) is 5. The van der Waals surface area contributed by atoms with E-state index < -0.39 is 11.9 Å². The fourth-order valence-electron chi connectivity index (χ4n) is 4.85. The molecule has 3 aromatic rings. The highest BCUT2D eigenvalue weighted by atomic mass is 32.1. The van der Waals surface area contributed by atoms with Crippen molar-refractivity contribution in [3.05, 3.63) is 35.1 Å². The molecule has 4 heterocycles. The van der Waals surface area contributed by atoms with Crippen molar-refractivity contribution in [1.82, 2.24) is 19.9 Å². The Hall–Kier alpha value is -1.97. The molecule has 0 unspecified atom stereocenters. The smallest absolute Gasteiger partial charge is 0.380 e. The number of alkyl halides is 3. The van der Waals surface area contributed by atoms with Gasteiger partial charge in [-0.05, 0) is 49.7 Å². The summed E-state index contributed by atoms with van der Waals surface area (Å²) in [5, 5.41) is 2.28. The lowest BCUT2D eigenvalue weighted by Gasteiger charge is -2.36. The Morgan fingerprint density at radius 1 is 1.13 bits per heavy atom. The predicted octanol–water partition coefficient (Wildman–Crippen LogP) is 5.45. The third kappa shape index (κ3) is 4.36. The van der Waals surface area contributed by atoms with Gasteiger partial charge in [0.05, 0.1) is 6.61 Å². The van der Waals surface area contributed by atoms with Crippen molar-refractivity contribution in [3.63, 3.8) is 0 Å². The number of H-pyrrole nitrogens is 1. The van der Waals surface area contributed by atoms with Gasteiger partial charge in [0.2, 0.25) is 0 Å². The Balaban J connectivity index is 1.33. The first kappa shape index (κ1) is 20.9. The number of ether oxygens (including phenoxy) is 1. The molecule has 2 aliphatic rings. The summed E-state index contributed by atoms with van der Waals surface area (Å²) in [6.07, 6.45) is 4.81. The van der Waals surface area contributed by atoms with Gasteiger partial charge in [0, 0.05) is 54.5 Å². The summed E-state index contributed by atoms with van der Waals surface area (Å²) in [5.74, 6) is 0.432. The standard InChI is InChI=1S/C22H25F3N4OS/c23-22(24,25)19-13-31-21(28-19)18-12-27-20-17(18)10-15(11-26-20)14-2-4-16(5-3-14)29-6-1-8-30-9-7-29/h10-14,16H,1-9H2,(H,26,27)/t14-,16-. The van der Waals surface area contributed by atoms with Crippen LogP contribution in [0.1, 0.15) is 49.3 Å². The van der Waals surface area contributed by atoms with Crippen molar-refractivity contribution in [2.75, 3.05) is 26.3 Å². The van der Waals surface area contributed by atoms with Gasteiger partial charge in [0.25, 0.3) is 0 Å². The highest BCUT2D eigenvalue weighted by Crippen LogP contribution is 2.39.